The lowest BCUT2D eigenvalue weighted by Crippen LogP contribution is -2.15. The Labute approximate surface area is 119 Å². The summed E-state index contributed by atoms with van der Waals surface area (Å²) in [5.74, 6) is -0.642. The van der Waals surface area contributed by atoms with E-state index < -0.39 is 5.97 Å². The molecule has 0 unspecified atom stereocenters. The molecule has 0 aliphatic carbocycles. The predicted molar refractivity (Wildman–Crippen MR) is 74.8 cm³/mol. The van der Waals surface area contributed by atoms with Crippen LogP contribution < -0.4 is 5.32 Å². The molecule has 2 heterocycles. The molecule has 0 saturated heterocycles. The van der Waals surface area contributed by atoms with Gasteiger partial charge in [-0.1, -0.05) is 6.07 Å². The summed E-state index contributed by atoms with van der Waals surface area (Å²) in [7, 11) is 0. The normalized spacial score (nSPS) is 10.2. The first-order chi connectivity index (χ1) is 9.54. The molecule has 2 rings (SSSR count). The van der Waals surface area contributed by atoms with Crippen LogP contribution in [0.5, 0.6) is 0 Å². The average molecular weight is 291 g/mol. The predicted octanol–water partition coefficient (Wildman–Crippen LogP) is 1.65. The number of carboxylic acids is 1. The largest absolute Gasteiger partial charge is 0.481 e. The molecule has 7 heteroatoms. The van der Waals surface area contributed by atoms with Crippen LogP contribution in [-0.4, -0.2) is 27.0 Å². The number of nitrogens with one attached hydrogen (secondary N) is 1. The zero-order valence-electron chi connectivity index (χ0n) is 10.8. The maximum Gasteiger partial charge on any atom is 0.308 e. The number of carboxylic acid groups (broad SMARTS) is 1. The fourth-order valence-corrected chi connectivity index (χ4v) is 2.69. The molecule has 1 amide bonds. The topological polar surface area (TPSA) is 92.2 Å². The van der Waals surface area contributed by atoms with Crippen LogP contribution in [0, 0.1) is 6.92 Å². The van der Waals surface area contributed by atoms with Gasteiger partial charge in [0.05, 0.1) is 18.5 Å². The summed E-state index contributed by atoms with van der Waals surface area (Å²) in [6, 6.07) is 5.24. The van der Waals surface area contributed by atoms with Crippen LogP contribution in [0.25, 0.3) is 0 Å². The number of rotatable bonds is 5. The first-order valence-electron chi connectivity index (χ1n) is 5.92. The summed E-state index contributed by atoms with van der Waals surface area (Å²) in [6.07, 6.45) is 1.64. The van der Waals surface area contributed by atoms with Crippen molar-refractivity contribution in [3.05, 3.63) is 40.0 Å². The second kappa shape index (κ2) is 6.25. The first kappa shape index (κ1) is 14.1. The SMILES string of the molecule is Cc1nc(CC(=O)Nc2ccccn2)sc1CC(=O)O. The maximum atomic E-state index is 11.8. The Morgan fingerprint density at radius 3 is 2.80 bits per heavy atom. The lowest BCUT2D eigenvalue weighted by Gasteiger charge is -2.01. The van der Waals surface area contributed by atoms with E-state index in [2.05, 4.69) is 15.3 Å². The molecule has 0 saturated carbocycles. The molecular formula is C13H13N3O3S. The van der Waals surface area contributed by atoms with Gasteiger partial charge in [0, 0.05) is 11.1 Å². The lowest BCUT2D eigenvalue weighted by atomic mass is 10.3. The molecule has 104 valence electrons. The second-order valence-corrected chi connectivity index (χ2v) is 5.29. The number of carbonyl (C=O) groups excluding carboxylic acids is 1. The highest BCUT2D eigenvalue weighted by Gasteiger charge is 2.13. The molecule has 6 nitrogen and oxygen atoms in total. The van der Waals surface area contributed by atoms with Crippen LogP contribution in [0.2, 0.25) is 0 Å². The molecular weight excluding hydrogens is 278 g/mol. The minimum absolute atomic E-state index is 0.0641. The van der Waals surface area contributed by atoms with Crippen molar-refractivity contribution in [3.8, 4) is 0 Å². The van der Waals surface area contributed by atoms with E-state index in [0.29, 0.717) is 21.4 Å². The number of carbonyl (C=O) groups is 2. The zero-order chi connectivity index (χ0) is 14.5. The Morgan fingerprint density at radius 1 is 1.35 bits per heavy atom. The summed E-state index contributed by atoms with van der Waals surface area (Å²) >= 11 is 1.25. The van der Waals surface area contributed by atoms with Crippen LogP contribution in [-0.2, 0) is 22.4 Å². The lowest BCUT2D eigenvalue weighted by molar-refractivity contribution is -0.136. The molecule has 0 radical (unpaired) electrons. The van der Waals surface area contributed by atoms with Crippen molar-refractivity contribution in [2.45, 2.75) is 19.8 Å². The van der Waals surface area contributed by atoms with E-state index in [0.717, 1.165) is 0 Å². The molecule has 0 spiro atoms. The van der Waals surface area contributed by atoms with Crippen LogP contribution in [0.1, 0.15) is 15.6 Å². The van der Waals surface area contributed by atoms with E-state index in [4.69, 9.17) is 5.11 Å². The van der Waals surface area contributed by atoms with Gasteiger partial charge in [0.2, 0.25) is 5.91 Å². The number of anilines is 1. The van der Waals surface area contributed by atoms with Gasteiger partial charge in [-0.05, 0) is 19.1 Å². The highest BCUT2D eigenvalue weighted by Crippen LogP contribution is 2.19. The van der Waals surface area contributed by atoms with Gasteiger partial charge in [0.25, 0.3) is 0 Å². The summed E-state index contributed by atoms with van der Waals surface area (Å²) in [4.78, 5) is 31.4. The molecule has 0 bridgehead atoms. The average Bonchev–Trinajstić information content (AvgIpc) is 2.69. The molecule has 0 fully saturated rings. The molecule has 0 aliphatic heterocycles. The molecule has 20 heavy (non-hydrogen) atoms. The third-order valence-corrected chi connectivity index (χ3v) is 3.65. The van der Waals surface area contributed by atoms with Gasteiger partial charge in [0.1, 0.15) is 10.8 Å². The Morgan fingerprint density at radius 2 is 2.15 bits per heavy atom. The molecule has 0 atom stereocenters. The number of aliphatic carboxylic acids is 1. The van der Waals surface area contributed by atoms with E-state index in [-0.39, 0.29) is 18.7 Å². The minimum atomic E-state index is -0.902. The quantitative estimate of drug-likeness (QED) is 0.874. The van der Waals surface area contributed by atoms with E-state index in [1.807, 2.05) is 0 Å². The smallest absolute Gasteiger partial charge is 0.308 e. The molecule has 0 aromatic carbocycles. The Hall–Kier alpha value is -2.28. The number of amides is 1. The van der Waals surface area contributed by atoms with Gasteiger partial charge in [-0.15, -0.1) is 11.3 Å². The maximum absolute atomic E-state index is 11.8. The van der Waals surface area contributed by atoms with E-state index in [1.165, 1.54) is 11.3 Å². The number of aryl methyl sites for hydroxylation is 1. The molecule has 2 N–H and O–H groups in total. The monoisotopic (exact) mass is 291 g/mol. The first-order valence-corrected chi connectivity index (χ1v) is 6.74. The van der Waals surface area contributed by atoms with Crippen LogP contribution in [0.3, 0.4) is 0 Å². The van der Waals surface area contributed by atoms with Crippen molar-refractivity contribution in [2.75, 3.05) is 5.32 Å². The van der Waals surface area contributed by atoms with Crippen molar-refractivity contribution in [1.29, 1.82) is 0 Å². The van der Waals surface area contributed by atoms with E-state index in [1.54, 1.807) is 31.3 Å². The fourth-order valence-electron chi connectivity index (χ4n) is 1.63. The molecule has 0 aliphatic rings. The van der Waals surface area contributed by atoms with Crippen molar-refractivity contribution in [1.82, 2.24) is 9.97 Å². The number of aromatic nitrogens is 2. The van der Waals surface area contributed by atoms with Crippen molar-refractivity contribution >= 4 is 29.0 Å². The summed E-state index contributed by atoms with van der Waals surface area (Å²) in [6.45, 7) is 1.74. The van der Waals surface area contributed by atoms with Gasteiger partial charge in [0.15, 0.2) is 0 Å². The Bertz CT molecular complexity index is 625. The summed E-state index contributed by atoms with van der Waals surface area (Å²) in [5.41, 5.74) is 0.665. The third kappa shape index (κ3) is 3.86. The fraction of sp³-hybridized carbons (Fsp3) is 0.231. The minimum Gasteiger partial charge on any atom is -0.481 e. The van der Waals surface area contributed by atoms with E-state index >= 15 is 0 Å². The van der Waals surface area contributed by atoms with Gasteiger partial charge < -0.3 is 10.4 Å². The van der Waals surface area contributed by atoms with Crippen molar-refractivity contribution < 1.29 is 14.7 Å². The van der Waals surface area contributed by atoms with Gasteiger partial charge in [-0.25, -0.2) is 9.97 Å². The zero-order valence-corrected chi connectivity index (χ0v) is 11.6. The van der Waals surface area contributed by atoms with Gasteiger partial charge in [-0.3, -0.25) is 9.59 Å². The van der Waals surface area contributed by atoms with Crippen LogP contribution in [0.15, 0.2) is 24.4 Å². The van der Waals surface area contributed by atoms with Gasteiger partial charge in [-0.2, -0.15) is 0 Å². The Balaban J connectivity index is 1.99. The van der Waals surface area contributed by atoms with E-state index in [9.17, 15) is 9.59 Å². The van der Waals surface area contributed by atoms with Crippen molar-refractivity contribution in [3.63, 3.8) is 0 Å². The second-order valence-electron chi connectivity index (χ2n) is 4.13. The summed E-state index contributed by atoms with van der Waals surface area (Å²) < 4.78 is 0. The highest BCUT2D eigenvalue weighted by molar-refractivity contribution is 7.12. The van der Waals surface area contributed by atoms with Crippen molar-refractivity contribution in [2.24, 2.45) is 0 Å². The third-order valence-electron chi connectivity index (χ3n) is 2.49. The molecule has 2 aromatic rings. The number of nitrogens with zero attached hydrogens (tertiary/aromatic N) is 2. The van der Waals surface area contributed by atoms with Crippen LogP contribution in [0.4, 0.5) is 5.82 Å². The number of pyridine rings is 1. The van der Waals surface area contributed by atoms with Gasteiger partial charge >= 0.3 is 5.97 Å². The Kier molecular flexibility index (Phi) is 4.41. The highest BCUT2D eigenvalue weighted by atomic mass is 32.1. The number of thiazole rings is 1. The number of hydrogen-bond acceptors (Lipinski definition) is 5. The molecule has 2 aromatic heterocycles. The summed E-state index contributed by atoms with van der Waals surface area (Å²) in [5, 5.41) is 12.0. The van der Waals surface area contributed by atoms with Crippen LogP contribution >= 0.6 is 11.3 Å². The standard InChI is InChI=1S/C13H13N3O3S/c1-8-9(6-13(18)19)20-12(15-8)7-11(17)16-10-4-2-3-5-14-10/h2-5H,6-7H2,1H3,(H,18,19)(H,14,16,17). The number of hydrogen-bond donors (Lipinski definition) is 2.